The lowest BCUT2D eigenvalue weighted by Gasteiger charge is -2.28. The fourth-order valence-electron chi connectivity index (χ4n) is 4.98. The van der Waals surface area contributed by atoms with Gasteiger partial charge in [0.2, 0.25) is 0 Å². The summed E-state index contributed by atoms with van der Waals surface area (Å²) in [5.74, 6) is -0.0964. The highest BCUT2D eigenvalue weighted by Gasteiger charge is 2.46. The minimum absolute atomic E-state index is 0.0334. The average Bonchev–Trinajstić information content (AvgIpc) is 3.13. The predicted octanol–water partition coefficient (Wildman–Crippen LogP) is 5.93. The van der Waals surface area contributed by atoms with Crippen LogP contribution in [0.2, 0.25) is 0 Å². The average molecular weight is 537 g/mol. The first kappa shape index (κ1) is 30.2. The lowest BCUT2D eigenvalue weighted by Crippen LogP contribution is -2.38. The van der Waals surface area contributed by atoms with Gasteiger partial charge in [-0.2, -0.15) is 0 Å². The number of ketones is 1. The molecule has 1 N–H and O–H groups in total. The molecule has 0 saturated carbocycles. The second-order valence-electron chi connectivity index (χ2n) is 11.2. The zero-order valence-electron chi connectivity index (χ0n) is 24.7. The Balaban J connectivity index is 2.19. The summed E-state index contributed by atoms with van der Waals surface area (Å²) in [5, 5.41) is 11.7. The summed E-state index contributed by atoms with van der Waals surface area (Å²) in [5.41, 5.74) is 1.93. The van der Waals surface area contributed by atoms with Crippen molar-refractivity contribution in [2.45, 2.75) is 73.0 Å². The number of hydrogen-bond donors (Lipinski definition) is 1. The van der Waals surface area contributed by atoms with E-state index >= 15 is 0 Å². The molecule has 1 aliphatic rings. The maximum atomic E-state index is 13.5. The van der Waals surface area contributed by atoms with Crippen molar-refractivity contribution < 1.29 is 24.2 Å². The minimum atomic E-state index is -0.735. The van der Waals surface area contributed by atoms with Gasteiger partial charge in [-0.3, -0.25) is 9.59 Å². The second kappa shape index (κ2) is 12.7. The number of likely N-dealkylation sites (N-methyl/N-ethyl adjacent to an activating group) is 1. The molecule has 1 atom stereocenters. The van der Waals surface area contributed by atoms with E-state index in [0.29, 0.717) is 31.0 Å². The number of benzene rings is 2. The number of carbonyl (C=O) groups is 2. The van der Waals surface area contributed by atoms with E-state index in [1.165, 1.54) is 0 Å². The molecule has 3 rings (SSSR count). The number of nitrogens with zero attached hydrogens (tertiary/aromatic N) is 2. The summed E-state index contributed by atoms with van der Waals surface area (Å²) in [6, 6.07) is 12.1. The van der Waals surface area contributed by atoms with Crippen LogP contribution in [0.1, 0.15) is 78.1 Å². The second-order valence-corrected chi connectivity index (χ2v) is 11.2. The van der Waals surface area contributed by atoms with Crippen LogP contribution in [0.15, 0.2) is 48.0 Å². The van der Waals surface area contributed by atoms with Gasteiger partial charge in [-0.25, -0.2) is 0 Å². The van der Waals surface area contributed by atoms with Crippen LogP contribution in [0, 0.1) is 0 Å². The van der Waals surface area contributed by atoms with Crippen LogP contribution in [-0.2, 0) is 15.0 Å². The molecule has 0 radical (unpaired) electrons. The predicted molar refractivity (Wildman–Crippen MR) is 155 cm³/mol. The third-order valence-corrected chi connectivity index (χ3v) is 7.00. The lowest BCUT2D eigenvalue weighted by molar-refractivity contribution is -0.140. The third-order valence-electron chi connectivity index (χ3n) is 7.00. The standard InChI is InChI=1S/C32H44N2O5/c1-9-33(10-2)17-18-34-28(22-13-12-14-24(19-22)39-21(4)5)27(30(36)31(34)37)29(35)23-15-16-26(38-11-3)25(20-23)32(6,7)8/h12-16,19-21,28,35H,9-11,17-18H2,1-8H3/b29-27+. The van der Waals surface area contributed by atoms with Crippen LogP contribution < -0.4 is 9.47 Å². The Morgan fingerprint density at radius 2 is 1.74 bits per heavy atom. The Hall–Kier alpha value is -3.32. The van der Waals surface area contributed by atoms with Gasteiger partial charge in [-0.05, 0) is 75.2 Å². The Labute approximate surface area is 233 Å². The van der Waals surface area contributed by atoms with Crippen LogP contribution in [0.3, 0.4) is 0 Å². The number of ether oxygens (including phenoxy) is 2. The molecule has 0 bridgehead atoms. The molecule has 1 unspecified atom stereocenters. The Morgan fingerprint density at radius 3 is 2.33 bits per heavy atom. The molecular formula is C32H44N2O5. The first-order chi connectivity index (χ1) is 18.4. The maximum absolute atomic E-state index is 13.5. The van der Waals surface area contributed by atoms with Crippen LogP contribution >= 0.6 is 0 Å². The smallest absolute Gasteiger partial charge is 0.295 e. The fraction of sp³-hybridized carbons (Fsp3) is 0.500. The van der Waals surface area contributed by atoms with Gasteiger partial charge in [0, 0.05) is 24.2 Å². The van der Waals surface area contributed by atoms with Crippen molar-refractivity contribution in [1.29, 1.82) is 0 Å². The summed E-state index contributed by atoms with van der Waals surface area (Å²) in [7, 11) is 0. The van der Waals surface area contributed by atoms with Crippen LogP contribution in [0.5, 0.6) is 11.5 Å². The number of amides is 1. The summed E-state index contributed by atoms with van der Waals surface area (Å²) < 4.78 is 11.8. The van der Waals surface area contributed by atoms with Gasteiger partial charge in [0.15, 0.2) is 0 Å². The van der Waals surface area contributed by atoms with Crippen molar-refractivity contribution >= 4 is 17.4 Å². The SMILES string of the molecule is CCOc1ccc(/C(O)=C2\C(=O)C(=O)N(CCN(CC)CC)C2c2cccc(OC(C)C)c2)cc1C(C)(C)C. The highest BCUT2D eigenvalue weighted by Crippen LogP contribution is 2.41. The molecule has 1 saturated heterocycles. The van der Waals surface area contributed by atoms with Crippen LogP contribution in [-0.4, -0.2) is 65.5 Å². The molecule has 2 aromatic carbocycles. The number of aliphatic hydroxyl groups is 1. The number of aliphatic hydroxyl groups excluding tert-OH is 1. The highest BCUT2D eigenvalue weighted by atomic mass is 16.5. The molecule has 39 heavy (non-hydrogen) atoms. The number of rotatable bonds is 11. The molecule has 1 amide bonds. The van der Waals surface area contributed by atoms with Gasteiger partial charge in [0.25, 0.3) is 11.7 Å². The first-order valence-corrected chi connectivity index (χ1v) is 14.0. The largest absolute Gasteiger partial charge is 0.507 e. The van der Waals surface area contributed by atoms with Crippen LogP contribution in [0.25, 0.3) is 5.76 Å². The van der Waals surface area contributed by atoms with Crippen LogP contribution in [0.4, 0.5) is 0 Å². The third kappa shape index (κ3) is 6.82. The monoisotopic (exact) mass is 536 g/mol. The van der Waals surface area contributed by atoms with E-state index in [-0.39, 0.29) is 22.9 Å². The number of carbonyl (C=O) groups excluding carboxylic acids is 2. The van der Waals surface area contributed by atoms with E-state index in [1.54, 1.807) is 11.0 Å². The minimum Gasteiger partial charge on any atom is -0.507 e. The molecule has 7 heteroatoms. The quantitative estimate of drug-likeness (QED) is 0.218. The molecule has 0 spiro atoms. The van der Waals surface area contributed by atoms with Crippen molar-refractivity contribution in [2.24, 2.45) is 0 Å². The van der Waals surface area contributed by atoms with Gasteiger partial charge in [-0.15, -0.1) is 0 Å². The zero-order chi connectivity index (χ0) is 28.9. The maximum Gasteiger partial charge on any atom is 0.295 e. The van der Waals surface area contributed by atoms with Crippen molar-refractivity contribution in [3.63, 3.8) is 0 Å². The summed E-state index contributed by atoms with van der Waals surface area (Å²) >= 11 is 0. The molecule has 1 aliphatic heterocycles. The van der Waals surface area contributed by atoms with E-state index in [1.807, 2.05) is 57.2 Å². The lowest BCUT2D eigenvalue weighted by atomic mass is 9.84. The van der Waals surface area contributed by atoms with Gasteiger partial charge in [0.05, 0.1) is 24.3 Å². The molecule has 2 aromatic rings. The molecule has 0 aliphatic carbocycles. The highest BCUT2D eigenvalue weighted by molar-refractivity contribution is 6.46. The first-order valence-electron chi connectivity index (χ1n) is 14.0. The van der Waals surface area contributed by atoms with Crippen molar-refractivity contribution in [3.8, 4) is 11.5 Å². The number of Topliss-reactive ketones (excluding diaryl/α,β-unsaturated/α-hetero) is 1. The Kier molecular flexibility index (Phi) is 9.83. The van der Waals surface area contributed by atoms with E-state index in [9.17, 15) is 14.7 Å². The molecular weight excluding hydrogens is 492 g/mol. The van der Waals surface area contributed by atoms with Gasteiger partial charge < -0.3 is 24.4 Å². The normalized spacial score (nSPS) is 17.4. The van der Waals surface area contributed by atoms with Gasteiger partial charge in [-0.1, -0.05) is 46.8 Å². The summed E-state index contributed by atoms with van der Waals surface area (Å²) in [6.45, 7) is 19.3. The number of hydrogen-bond acceptors (Lipinski definition) is 6. The summed E-state index contributed by atoms with van der Waals surface area (Å²) in [4.78, 5) is 30.7. The van der Waals surface area contributed by atoms with Crippen molar-refractivity contribution in [2.75, 3.05) is 32.8 Å². The Bertz CT molecular complexity index is 1210. The van der Waals surface area contributed by atoms with E-state index in [4.69, 9.17) is 9.47 Å². The van der Waals surface area contributed by atoms with E-state index in [2.05, 4.69) is 39.5 Å². The van der Waals surface area contributed by atoms with Crippen molar-refractivity contribution in [1.82, 2.24) is 9.80 Å². The molecule has 0 aromatic heterocycles. The number of likely N-dealkylation sites (tertiary alicyclic amines) is 1. The Morgan fingerprint density at radius 1 is 1.05 bits per heavy atom. The van der Waals surface area contributed by atoms with E-state index in [0.717, 1.165) is 30.0 Å². The van der Waals surface area contributed by atoms with Gasteiger partial charge >= 0.3 is 0 Å². The van der Waals surface area contributed by atoms with E-state index < -0.39 is 17.7 Å². The fourth-order valence-corrected chi connectivity index (χ4v) is 4.98. The molecule has 212 valence electrons. The molecule has 7 nitrogen and oxygen atoms in total. The van der Waals surface area contributed by atoms with Crippen molar-refractivity contribution in [3.05, 3.63) is 64.7 Å². The van der Waals surface area contributed by atoms with Gasteiger partial charge in [0.1, 0.15) is 17.3 Å². The topological polar surface area (TPSA) is 79.3 Å². The molecule has 1 heterocycles. The molecule has 1 fully saturated rings. The zero-order valence-corrected chi connectivity index (χ0v) is 24.7. The summed E-state index contributed by atoms with van der Waals surface area (Å²) in [6.07, 6.45) is -0.0334.